The summed E-state index contributed by atoms with van der Waals surface area (Å²) in [6, 6.07) is 7.54. The number of amides is 2. The van der Waals surface area contributed by atoms with Crippen molar-refractivity contribution in [2.45, 2.75) is 6.18 Å². The van der Waals surface area contributed by atoms with Gasteiger partial charge in [0.2, 0.25) is 0 Å². The molecule has 3 rings (SSSR count). The van der Waals surface area contributed by atoms with Crippen LogP contribution in [0.1, 0.15) is 26.4 Å². The molecule has 0 aliphatic heterocycles. The molecule has 0 atom stereocenters. The Morgan fingerprint density at radius 1 is 0.964 bits per heavy atom. The second-order valence-corrected chi connectivity index (χ2v) is 5.42. The van der Waals surface area contributed by atoms with Crippen LogP contribution in [-0.2, 0) is 6.18 Å². The molecule has 0 spiro atoms. The Bertz CT molecular complexity index is 1020. The summed E-state index contributed by atoms with van der Waals surface area (Å²) in [6.45, 7) is 0. The number of pyridine rings is 1. The topological polar surface area (TPSA) is 88.9 Å². The van der Waals surface area contributed by atoms with E-state index in [1.54, 1.807) is 0 Å². The van der Waals surface area contributed by atoms with Gasteiger partial charge in [0.25, 0.3) is 11.8 Å². The highest BCUT2D eigenvalue weighted by Gasteiger charge is 2.41. The average Bonchev–Trinajstić information content (AvgIpc) is 3.12. The van der Waals surface area contributed by atoms with Crippen molar-refractivity contribution >= 4 is 11.8 Å². The number of carbonyl (C=O) groups excluding carboxylic acids is 2. The van der Waals surface area contributed by atoms with Gasteiger partial charge in [0.05, 0.1) is 17.3 Å². The highest BCUT2D eigenvalue weighted by molar-refractivity contribution is 5.99. The minimum absolute atomic E-state index is 0.0842. The maximum absolute atomic E-state index is 13.9. The molecule has 11 heteroatoms. The summed E-state index contributed by atoms with van der Waals surface area (Å²) in [7, 11) is 0. The molecule has 3 aromatic rings. The molecular weight excluding hydrogens is 382 g/mol. The van der Waals surface area contributed by atoms with Crippen LogP contribution >= 0.6 is 0 Å². The van der Waals surface area contributed by atoms with Crippen LogP contribution in [0.3, 0.4) is 0 Å². The predicted molar refractivity (Wildman–Crippen MR) is 87.7 cm³/mol. The lowest BCUT2D eigenvalue weighted by Gasteiger charge is -2.13. The van der Waals surface area contributed by atoms with Gasteiger partial charge in [-0.15, -0.1) is 0 Å². The Morgan fingerprint density at radius 2 is 1.68 bits per heavy atom. The number of para-hydroxylation sites is 1. The van der Waals surface area contributed by atoms with Crippen LogP contribution in [0.4, 0.5) is 17.6 Å². The van der Waals surface area contributed by atoms with Crippen molar-refractivity contribution in [2.75, 3.05) is 0 Å². The number of halogens is 4. The van der Waals surface area contributed by atoms with Gasteiger partial charge in [0.15, 0.2) is 5.69 Å². The third kappa shape index (κ3) is 3.82. The molecule has 0 aliphatic rings. The van der Waals surface area contributed by atoms with Crippen molar-refractivity contribution in [1.29, 1.82) is 0 Å². The molecule has 0 radical (unpaired) electrons. The molecule has 7 nitrogen and oxygen atoms in total. The van der Waals surface area contributed by atoms with Gasteiger partial charge in [-0.2, -0.15) is 18.3 Å². The van der Waals surface area contributed by atoms with E-state index in [4.69, 9.17) is 0 Å². The molecule has 0 saturated heterocycles. The lowest BCUT2D eigenvalue weighted by molar-refractivity contribution is -0.143. The first-order valence-corrected chi connectivity index (χ1v) is 7.70. The van der Waals surface area contributed by atoms with Gasteiger partial charge in [0.1, 0.15) is 11.5 Å². The fourth-order valence-electron chi connectivity index (χ4n) is 2.34. The molecule has 0 aliphatic carbocycles. The van der Waals surface area contributed by atoms with E-state index in [0.29, 0.717) is 6.20 Å². The molecule has 28 heavy (non-hydrogen) atoms. The third-order valence-electron chi connectivity index (χ3n) is 3.58. The molecule has 144 valence electrons. The fourth-order valence-corrected chi connectivity index (χ4v) is 2.34. The first-order valence-electron chi connectivity index (χ1n) is 7.70. The Morgan fingerprint density at radius 3 is 2.32 bits per heavy atom. The summed E-state index contributed by atoms with van der Waals surface area (Å²) < 4.78 is 54.8. The Hall–Kier alpha value is -3.76. The van der Waals surface area contributed by atoms with Crippen LogP contribution in [-0.4, -0.2) is 26.6 Å². The minimum atomic E-state index is -5.02. The first kappa shape index (κ1) is 19.0. The quantitative estimate of drug-likeness (QED) is 0.529. The van der Waals surface area contributed by atoms with Gasteiger partial charge >= 0.3 is 6.18 Å². The lowest BCUT2D eigenvalue weighted by Crippen LogP contribution is -2.42. The Kier molecular flexibility index (Phi) is 5.07. The number of benzene rings is 1. The maximum Gasteiger partial charge on any atom is 0.434 e. The molecule has 2 heterocycles. The number of hydrogen-bond acceptors (Lipinski definition) is 4. The molecule has 2 amide bonds. The van der Waals surface area contributed by atoms with Crippen LogP contribution in [0.5, 0.6) is 0 Å². The van der Waals surface area contributed by atoms with E-state index in [1.807, 2.05) is 10.9 Å². The molecule has 0 unspecified atom stereocenters. The average molecular weight is 393 g/mol. The van der Waals surface area contributed by atoms with E-state index in [0.717, 1.165) is 12.1 Å². The van der Waals surface area contributed by atoms with E-state index in [1.165, 1.54) is 36.7 Å². The number of hydrazine groups is 1. The third-order valence-corrected chi connectivity index (χ3v) is 3.58. The highest BCUT2D eigenvalue weighted by Crippen LogP contribution is 2.34. The monoisotopic (exact) mass is 393 g/mol. The van der Waals surface area contributed by atoms with Gasteiger partial charge in [-0.05, 0) is 24.3 Å². The van der Waals surface area contributed by atoms with E-state index < -0.39 is 40.8 Å². The minimum Gasteiger partial charge on any atom is -0.267 e. The van der Waals surface area contributed by atoms with Gasteiger partial charge < -0.3 is 0 Å². The lowest BCUT2D eigenvalue weighted by atomic mass is 10.2. The molecule has 0 saturated carbocycles. The molecule has 2 N–H and O–H groups in total. The van der Waals surface area contributed by atoms with Crippen molar-refractivity contribution in [2.24, 2.45) is 0 Å². The molecular formula is C17H11F4N5O2. The molecule has 0 bridgehead atoms. The zero-order chi connectivity index (χ0) is 20.3. The van der Waals surface area contributed by atoms with Gasteiger partial charge in [-0.3, -0.25) is 25.4 Å². The van der Waals surface area contributed by atoms with Crippen molar-refractivity contribution < 1.29 is 27.2 Å². The molecule has 1 aromatic carbocycles. The summed E-state index contributed by atoms with van der Waals surface area (Å²) >= 11 is 0. The largest absolute Gasteiger partial charge is 0.434 e. The number of nitrogens with one attached hydrogen (secondary N) is 2. The number of rotatable bonds is 3. The number of nitrogens with zero attached hydrogens (tertiary/aromatic N) is 3. The maximum atomic E-state index is 13.9. The van der Waals surface area contributed by atoms with Gasteiger partial charge in [-0.1, -0.05) is 12.1 Å². The van der Waals surface area contributed by atoms with Crippen LogP contribution in [0.15, 0.2) is 55.0 Å². The van der Waals surface area contributed by atoms with E-state index in [2.05, 4.69) is 10.1 Å². The zero-order valence-corrected chi connectivity index (χ0v) is 13.9. The number of carbonyl (C=O) groups is 2. The second kappa shape index (κ2) is 7.47. The molecule has 0 fully saturated rings. The summed E-state index contributed by atoms with van der Waals surface area (Å²) in [5.41, 5.74) is 1.09. The number of aromatic nitrogens is 3. The van der Waals surface area contributed by atoms with Gasteiger partial charge in [-0.25, -0.2) is 9.07 Å². The zero-order valence-electron chi connectivity index (χ0n) is 13.9. The summed E-state index contributed by atoms with van der Waals surface area (Å²) in [6.07, 6.45) is -1.75. The fraction of sp³-hybridized carbons (Fsp3) is 0.0588. The van der Waals surface area contributed by atoms with E-state index >= 15 is 0 Å². The normalized spacial score (nSPS) is 11.1. The van der Waals surface area contributed by atoms with E-state index in [9.17, 15) is 27.2 Å². The van der Waals surface area contributed by atoms with Crippen molar-refractivity contribution in [1.82, 2.24) is 25.6 Å². The van der Waals surface area contributed by atoms with Crippen molar-refractivity contribution in [3.05, 3.63) is 77.6 Å². The van der Waals surface area contributed by atoms with Gasteiger partial charge in [0, 0.05) is 12.4 Å². The van der Waals surface area contributed by atoms with Crippen LogP contribution in [0.2, 0.25) is 0 Å². The predicted octanol–water partition coefficient (Wildman–Crippen LogP) is 2.50. The second-order valence-electron chi connectivity index (χ2n) is 5.42. The number of hydrogen-bond donors (Lipinski definition) is 2. The Labute approximate surface area is 155 Å². The summed E-state index contributed by atoms with van der Waals surface area (Å²) in [4.78, 5) is 27.8. The van der Waals surface area contributed by atoms with Crippen LogP contribution < -0.4 is 10.9 Å². The van der Waals surface area contributed by atoms with Crippen molar-refractivity contribution in [3.8, 4) is 5.69 Å². The van der Waals surface area contributed by atoms with E-state index in [-0.39, 0.29) is 10.2 Å². The highest BCUT2D eigenvalue weighted by atomic mass is 19.4. The van der Waals surface area contributed by atoms with Crippen LogP contribution in [0, 0.1) is 5.82 Å². The smallest absolute Gasteiger partial charge is 0.267 e. The standard InChI is InChI=1S/C17H11F4N5O2/c18-12-5-1-2-6-13(12)26-14(17(19,20)21)11(9-23-26)16(28)25-24-15(27)10-4-3-7-22-8-10/h1-9H,(H,24,27)(H,25,28). The SMILES string of the molecule is O=C(NNC(=O)c1cnn(-c2ccccc2F)c1C(F)(F)F)c1cccnc1. The Balaban J connectivity index is 1.89. The van der Waals surface area contributed by atoms with Crippen LogP contribution in [0.25, 0.3) is 5.69 Å². The summed E-state index contributed by atoms with van der Waals surface area (Å²) in [5, 5.41) is 3.49. The van der Waals surface area contributed by atoms with Crippen molar-refractivity contribution in [3.63, 3.8) is 0 Å². The first-order chi connectivity index (χ1) is 13.3. The molecule has 2 aromatic heterocycles. The number of alkyl halides is 3. The summed E-state index contributed by atoms with van der Waals surface area (Å²) in [5.74, 6) is -3.00.